The molecule has 0 aliphatic carbocycles. The Kier molecular flexibility index (Phi) is 11.3. The molecule has 0 spiro atoms. The van der Waals surface area contributed by atoms with Gasteiger partial charge in [-0.1, -0.05) is 11.6 Å². The van der Waals surface area contributed by atoms with Crippen LogP contribution in [0.4, 0.5) is 9.59 Å². The Morgan fingerprint density at radius 2 is 0.800 bits per heavy atom. The van der Waals surface area contributed by atoms with Gasteiger partial charge in [0, 0.05) is 6.07 Å². The number of carbonyl (C=O) groups is 6. The molecule has 280 valence electrons. The Hall–Kier alpha value is -7.19. The maximum Gasteiger partial charge on any atom is 0.513 e. The molecule has 14 nitrogen and oxygen atoms in total. The first kappa shape index (κ1) is 33.6. The number of hydrogen-bond donors (Lipinski definition) is 0. The van der Waals surface area contributed by atoms with Gasteiger partial charge in [-0.05, 0) is 123 Å². The molecule has 5 aromatic carbocycles. The second kappa shape index (κ2) is 18.5. The lowest BCUT2D eigenvalue weighted by molar-refractivity contribution is 0.0723. The molecule has 0 radical (unpaired) electrons. The number of ether oxygens (including phenoxy) is 8. The summed E-state index contributed by atoms with van der Waals surface area (Å²) >= 11 is 6.22. The van der Waals surface area contributed by atoms with Gasteiger partial charge in [0.25, 0.3) is 0 Å². The normalized spacial score (nSPS) is 11.3. The topological polar surface area (TPSA) is 176 Å². The monoisotopic (exact) mass is 772 g/mol. The summed E-state index contributed by atoms with van der Waals surface area (Å²) < 4.78 is 73.6. The van der Waals surface area contributed by atoms with Crippen molar-refractivity contribution in [2.45, 2.75) is 13.8 Å². The number of esters is 4. The minimum absolute atomic E-state index is 0.00184. The van der Waals surface area contributed by atoms with Crippen molar-refractivity contribution >= 4 is 47.8 Å². The molecule has 0 aliphatic rings. The second-order valence-corrected chi connectivity index (χ2v) is 10.9. The first-order chi connectivity index (χ1) is 28.1. The molecule has 0 unspecified atom stereocenters. The van der Waals surface area contributed by atoms with Gasteiger partial charge >= 0.3 is 36.2 Å². The molecule has 0 bridgehead atoms. The first-order valence-corrected chi connectivity index (χ1v) is 16.3. The van der Waals surface area contributed by atoms with Crippen LogP contribution in [-0.4, -0.2) is 49.4 Å². The van der Waals surface area contributed by atoms with Gasteiger partial charge in [0.15, 0.2) is 5.75 Å². The summed E-state index contributed by atoms with van der Waals surface area (Å²) in [6.45, 7) is 3.42. The molecule has 0 aliphatic heterocycles. The molecule has 0 heterocycles. The summed E-state index contributed by atoms with van der Waals surface area (Å²) in [6, 6.07) is 16.0. The summed E-state index contributed by atoms with van der Waals surface area (Å²) in [7, 11) is 0. The fourth-order valence-corrected chi connectivity index (χ4v) is 4.31. The fraction of sp³-hybridized carbons (Fsp3) is 0.100. The van der Waals surface area contributed by atoms with Gasteiger partial charge in [-0.15, -0.1) is 0 Å². The van der Waals surface area contributed by atoms with Crippen molar-refractivity contribution < 1.29 is 72.1 Å². The minimum atomic E-state index is -1.07. The highest BCUT2D eigenvalue weighted by Gasteiger charge is 2.17. The quantitative estimate of drug-likeness (QED) is 0.0672. The van der Waals surface area contributed by atoms with Gasteiger partial charge < -0.3 is 37.9 Å². The van der Waals surface area contributed by atoms with E-state index in [1.807, 2.05) is 0 Å². The lowest BCUT2D eigenvalue weighted by atomic mass is 10.2. The van der Waals surface area contributed by atoms with E-state index in [1.54, 1.807) is 13.8 Å². The minimum Gasteiger partial charge on any atom is -0.434 e. The van der Waals surface area contributed by atoms with Crippen molar-refractivity contribution in [2.75, 3.05) is 13.2 Å². The van der Waals surface area contributed by atoms with Gasteiger partial charge in [-0.2, -0.15) is 0 Å². The van der Waals surface area contributed by atoms with E-state index in [2.05, 4.69) is 9.47 Å². The van der Waals surface area contributed by atoms with Crippen LogP contribution in [0, 0.1) is 0 Å². The summed E-state index contributed by atoms with van der Waals surface area (Å²) in [6.07, 6.45) is -1.86. The summed E-state index contributed by atoms with van der Waals surface area (Å²) in [5.41, 5.74) is -0.543. The zero-order valence-corrected chi connectivity index (χ0v) is 29.4. The molecule has 0 saturated heterocycles. The highest BCUT2D eigenvalue weighted by molar-refractivity contribution is 6.32. The average Bonchev–Trinajstić information content (AvgIpc) is 3.19. The SMILES string of the molecule is [2H]c1cc(C(=O)Oc2ccc(Cl)c(OC(=O)c3cc([2H])c(OC(=O)c4ccc(OC(=O)OCC)cc4)c([2H])c3)c2)cc([2H])c1OC(=O)c1ccc(OC(=O)OCC)cc1. The Morgan fingerprint density at radius 1 is 0.455 bits per heavy atom. The summed E-state index contributed by atoms with van der Waals surface area (Å²) in [5.74, 6) is -5.16. The van der Waals surface area contributed by atoms with Crippen LogP contribution in [0.15, 0.2) is 115 Å². The van der Waals surface area contributed by atoms with E-state index < -0.39 is 71.9 Å². The number of rotatable bonds is 12. The van der Waals surface area contributed by atoms with Gasteiger partial charge in [0.2, 0.25) is 0 Å². The van der Waals surface area contributed by atoms with Gasteiger partial charge in [0.1, 0.15) is 28.7 Å². The predicted molar refractivity (Wildman–Crippen MR) is 192 cm³/mol. The Morgan fingerprint density at radius 3 is 1.20 bits per heavy atom. The lowest BCUT2D eigenvalue weighted by Crippen LogP contribution is -2.12. The molecule has 0 amide bonds. The Balaban J connectivity index is 1.21. The Labute approximate surface area is 323 Å². The van der Waals surface area contributed by atoms with Crippen LogP contribution >= 0.6 is 11.6 Å². The molecular weight excluding hydrogens is 740 g/mol. The summed E-state index contributed by atoms with van der Waals surface area (Å²) in [4.78, 5) is 74.5. The first-order valence-electron chi connectivity index (χ1n) is 18.0. The predicted octanol–water partition coefficient (Wildman–Crippen LogP) is 8.29. The van der Waals surface area contributed by atoms with Gasteiger partial charge in [0.05, 0.1) is 46.0 Å². The zero-order chi connectivity index (χ0) is 42.8. The van der Waals surface area contributed by atoms with Crippen LogP contribution in [0.3, 0.4) is 0 Å². The zero-order valence-electron chi connectivity index (χ0n) is 32.7. The highest BCUT2D eigenvalue weighted by Crippen LogP contribution is 2.31. The van der Waals surface area contributed by atoms with E-state index in [-0.39, 0.29) is 63.5 Å². The number of carbonyl (C=O) groups excluding carboxylic acids is 6. The molecule has 0 fully saturated rings. The fourth-order valence-electron chi connectivity index (χ4n) is 4.15. The van der Waals surface area contributed by atoms with Crippen molar-refractivity contribution in [2.24, 2.45) is 0 Å². The molecular formula is C40H29ClO14. The van der Waals surface area contributed by atoms with E-state index >= 15 is 0 Å². The van der Waals surface area contributed by atoms with E-state index in [0.717, 1.165) is 30.3 Å². The third-order valence-corrected chi connectivity index (χ3v) is 7.03. The molecule has 0 saturated carbocycles. The molecule has 55 heavy (non-hydrogen) atoms. The van der Waals surface area contributed by atoms with Crippen LogP contribution in [-0.2, 0) is 9.47 Å². The van der Waals surface area contributed by atoms with E-state index in [9.17, 15) is 28.8 Å². The average molecular weight is 773 g/mol. The van der Waals surface area contributed by atoms with Crippen molar-refractivity contribution in [1.29, 1.82) is 0 Å². The Bertz CT molecular complexity index is 2390. The van der Waals surface area contributed by atoms with Crippen LogP contribution in [0.2, 0.25) is 5.02 Å². The van der Waals surface area contributed by atoms with Crippen LogP contribution in [0.1, 0.15) is 60.8 Å². The van der Waals surface area contributed by atoms with Crippen molar-refractivity contribution in [3.05, 3.63) is 142 Å². The standard InChI is InChI=1S/C40H29ClO14/c1-3-48-39(46)53-30-17-9-24(10-18-30)35(42)50-28-13-5-26(6-14-28)37(44)52-32-21-22-33(41)34(23-32)55-38(45)27-7-15-29(16-8-27)51-36(43)25-11-19-31(20-12-25)54-40(47)49-4-2/h5-23H,3-4H2,1-2H3/i13D,14D,15D,16D. The third-order valence-electron chi connectivity index (χ3n) is 6.72. The number of hydrogen-bond acceptors (Lipinski definition) is 14. The molecule has 5 rings (SSSR count). The number of halogens is 1. The largest absolute Gasteiger partial charge is 0.513 e. The van der Waals surface area contributed by atoms with E-state index in [4.69, 9.17) is 45.5 Å². The smallest absolute Gasteiger partial charge is 0.434 e. The van der Waals surface area contributed by atoms with E-state index in [1.165, 1.54) is 60.7 Å². The maximum atomic E-state index is 13.1. The molecule has 5 aromatic rings. The van der Waals surface area contributed by atoms with Crippen molar-refractivity contribution in [1.82, 2.24) is 0 Å². The highest BCUT2D eigenvalue weighted by atomic mass is 35.5. The summed E-state index contributed by atoms with van der Waals surface area (Å²) in [5, 5.41) is -0.0891. The van der Waals surface area contributed by atoms with Crippen LogP contribution < -0.4 is 28.4 Å². The van der Waals surface area contributed by atoms with Crippen LogP contribution in [0.25, 0.3) is 0 Å². The van der Waals surface area contributed by atoms with Crippen LogP contribution in [0.5, 0.6) is 34.5 Å². The van der Waals surface area contributed by atoms with Crippen molar-refractivity contribution in [3.63, 3.8) is 0 Å². The second-order valence-electron chi connectivity index (χ2n) is 10.5. The van der Waals surface area contributed by atoms with Gasteiger partial charge in [-0.3, -0.25) is 0 Å². The molecule has 0 atom stereocenters. The van der Waals surface area contributed by atoms with Gasteiger partial charge in [-0.25, -0.2) is 28.8 Å². The number of benzene rings is 5. The lowest BCUT2D eigenvalue weighted by Gasteiger charge is -2.10. The molecule has 15 heteroatoms. The maximum absolute atomic E-state index is 13.1. The van der Waals surface area contributed by atoms with Crippen molar-refractivity contribution in [3.8, 4) is 34.5 Å². The molecule has 0 N–H and O–H groups in total. The van der Waals surface area contributed by atoms with E-state index in [0.29, 0.717) is 0 Å². The molecule has 0 aromatic heterocycles. The third kappa shape index (κ3) is 11.2.